The van der Waals surface area contributed by atoms with Gasteiger partial charge in [-0.1, -0.05) is 6.07 Å². The molecule has 7 heteroatoms. The van der Waals surface area contributed by atoms with Crippen molar-refractivity contribution in [3.63, 3.8) is 0 Å². The molecule has 1 amide bonds. The Balaban J connectivity index is 1.75. The molecule has 0 heterocycles. The zero-order valence-corrected chi connectivity index (χ0v) is 15.7. The van der Waals surface area contributed by atoms with Gasteiger partial charge in [0.2, 0.25) is 5.91 Å². The van der Waals surface area contributed by atoms with Gasteiger partial charge in [-0.2, -0.15) is 0 Å². The highest BCUT2D eigenvalue weighted by Gasteiger charge is 2.09. The number of hydrogen-bond acceptors (Lipinski definition) is 5. The number of amides is 1. The molecule has 2 aromatic carbocycles. The Labute approximate surface area is 154 Å². The number of benzene rings is 2. The summed E-state index contributed by atoms with van der Waals surface area (Å²) in [6, 6.07) is 13.5. The first kappa shape index (κ1) is 19.8. The van der Waals surface area contributed by atoms with Gasteiger partial charge in [0.1, 0.15) is 11.5 Å². The van der Waals surface area contributed by atoms with E-state index in [0.29, 0.717) is 25.3 Å². The van der Waals surface area contributed by atoms with E-state index in [1.165, 1.54) is 12.1 Å². The van der Waals surface area contributed by atoms with Gasteiger partial charge in [-0.25, -0.2) is 8.42 Å². The predicted octanol–water partition coefficient (Wildman–Crippen LogP) is 3.29. The lowest BCUT2D eigenvalue weighted by Crippen LogP contribution is -2.13. The quantitative estimate of drug-likeness (QED) is 0.678. The Morgan fingerprint density at radius 3 is 2.31 bits per heavy atom. The minimum Gasteiger partial charge on any atom is -0.494 e. The molecule has 26 heavy (non-hydrogen) atoms. The SMILES string of the molecule is CCOc1ccc(OCCCC(=O)Nc2cccc(S(C)(=O)=O)c2)cc1. The Bertz CT molecular complexity index is 831. The monoisotopic (exact) mass is 377 g/mol. The summed E-state index contributed by atoms with van der Waals surface area (Å²) in [6.45, 7) is 2.94. The van der Waals surface area contributed by atoms with E-state index in [-0.39, 0.29) is 17.2 Å². The highest BCUT2D eigenvalue weighted by Crippen LogP contribution is 2.18. The Morgan fingerprint density at radius 2 is 1.69 bits per heavy atom. The van der Waals surface area contributed by atoms with Gasteiger partial charge in [-0.3, -0.25) is 4.79 Å². The largest absolute Gasteiger partial charge is 0.494 e. The second-order valence-corrected chi connectivity index (χ2v) is 7.72. The van der Waals surface area contributed by atoms with Crippen molar-refractivity contribution >= 4 is 21.4 Å². The van der Waals surface area contributed by atoms with Crippen molar-refractivity contribution in [2.75, 3.05) is 24.8 Å². The van der Waals surface area contributed by atoms with Gasteiger partial charge < -0.3 is 14.8 Å². The third kappa shape index (κ3) is 6.40. The number of carbonyl (C=O) groups is 1. The van der Waals surface area contributed by atoms with E-state index in [9.17, 15) is 13.2 Å². The third-order valence-corrected chi connectivity index (χ3v) is 4.61. The van der Waals surface area contributed by atoms with Crippen LogP contribution in [0.4, 0.5) is 5.69 Å². The number of carbonyl (C=O) groups excluding carboxylic acids is 1. The van der Waals surface area contributed by atoms with Crippen molar-refractivity contribution in [1.29, 1.82) is 0 Å². The molecule has 2 aromatic rings. The van der Waals surface area contributed by atoms with E-state index >= 15 is 0 Å². The molecule has 0 aromatic heterocycles. The van der Waals surface area contributed by atoms with Crippen LogP contribution in [0.5, 0.6) is 11.5 Å². The highest BCUT2D eigenvalue weighted by atomic mass is 32.2. The number of anilines is 1. The summed E-state index contributed by atoms with van der Waals surface area (Å²) >= 11 is 0. The van der Waals surface area contributed by atoms with Crippen LogP contribution in [0, 0.1) is 0 Å². The smallest absolute Gasteiger partial charge is 0.224 e. The van der Waals surface area contributed by atoms with E-state index in [1.54, 1.807) is 12.1 Å². The molecule has 0 aliphatic carbocycles. The first-order chi connectivity index (χ1) is 12.4. The lowest BCUT2D eigenvalue weighted by Gasteiger charge is -2.09. The van der Waals surface area contributed by atoms with Gasteiger partial charge in [-0.05, 0) is 55.8 Å². The van der Waals surface area contributed by atoms with Crippen LogP contribution in [0.1, 0.15) is 19.8 Å². The highest BCUT2D eigenvalue weighted by molar-refractivity contribution is 7.90. The van der Waals surface area contributed by atoms with Crippen LogP contribution in [0.15, 0.2) is 53.4 Å². The first-order valence-electron chi connectivity index (χ1n) is 8.34. The van der Waals surface area contributed by atoms with Crippen LogP contribution in [0.25, 0.3) is 0 Å². The average Bonchev–Trinajstić information content (AvgIpc) is 2.60. The fraction of sp³-hybridized carbons (Fsp3) is 0.316. The summed E-state index contributed by atoms with van der Waals surface area (Å²) in [4.78, 5) is 12.1. The minimum atomic E-state index is -3.30. The molecular formula is C19H23NO5S. The fourth-order valence-corrected chi connectivity index (χ4v) is 2.92. The van der Waals surface area contributed by atoms with E-state index in [4.69, 9.17) is 9.47 Å². The number of hydrogen-bond donors (Lipinski definition) is 1. The van der Waals surface area contributed by atoms with E-state index in [0.717, 1.165) is 17.8 Å². The van der Waals surface area contributed by atoms with Crippen LogP contribution in [-0.2, 0) is 14.6 Å². The fourth-order valence-electron chi connectivity index (χ4n) is 2.25. The molecule has 0 aliphatic heterocycles. The van der Waals surface area contributed by atoms with E-state index < -0.39 is 9.84 Å². The van der Waals surface area contributed by atoms with Crippen molar-refractivity contribution in [1.82, 2.24) is 0 Å². The van der Waals surface area contributed by atoms with E-state index in [1.807, 2.05) is 31.2 Å². The molecule has 2 rings (SSSR count). The van der Waals surface area contributed by atoms with Gasteiger partial charge in [0, 0.05) is 18.4 Å². The zero-order valence-electron chi connectivity index (χ0n) is 14.9. The van der Waals surface area contributed by atoms with Gasteiger partial charge in [0.15, 0.2) is 9.84 Å². The van der Waals surface area contributed by atoms with Crippen LogP contribution in [0.3, 0.4) is 0 Å². The summed E-state index contributed by atoms with van der Waals surface area (Å²) in [5, 5.41) is 2.70. The number of nitrogens with one attached hydrogen (secondary N) is 1. The molecule has 0 bridgehead atoms. The Kier molecular flexibility index (Phi) is 7.03. The third-order valence-electron chi connectivity index (χ3n) is 3.50. The second-order valence-electron chi connectivity index (χ2n) is 5.70. The van der Waals surface area contributed by atoms with Gasteiger partial charge in [-0.15, -0.1) is 0 Å². The molecule has 0 radical (unpaired) electrons. The second kappa shape index (κ2) is 9.24. The molecule has 6 nitrogen and oxygen atoms in total. The molecule has 0 unspecified atom stereocenters. The van der Waals surface area contributed by atoms with Gasteiger partial charge >= 0.3 is 0 Å². The topological polar surface area (TPSA) is 81.7 Å². The first-order valence-corrected chi connectivity index (χ1v) is 10.2. The summed E-state index contributed by atoms with van der Waals surface area (Å²) in [5.74, 6) is 1.32. The molecule has 140 valence electrons. The lowest BCUT2D eigenvalue weighted by atomic mass is 10.2. The molecule has 1 N–H and O–H groups in total. The van der Waals surface area contributed by atoms with Crippen molar-refractivity contribution in [3.8, 4) is 11.5 Å². The summed E-state index contributed by atoms with van der Waals surface area (Å²) in [5.41, 5.74) is 0.463. The van der Waals surface area contributed by atoms with Crippen molar-refractivity contribution in [2.24, 2.45) is 0 Å². The maximum Gasteiger partial charge on any atom is 0.224 e. The van der Waals surface area contributed by atoms with Crippen LogP contribution in [0.2, 0.25) is 0 Å². The molecule has 0 saturated heterocycles. The predicted molar refractivity (Wildman–Crippen MR) is 101 cm³/mol. The molecule has 0 fully saturated rings. The normalized spacial score (nSPS) is 11.0. The summed E-state index contributed by atoms with van der Waals surface area (Å²) in [6.07, 6.45) is 1.96. The average molecular weight is 377 g/mol. The maximum absolute atomic E-state index is 12.0. The van der Waals surface area contributed by atoms with Gasteiger partial charge in [0.25, 0.3) is 0 Å². The standard InChI is InChI=1S/C19H23NO5S/c1-3-24-16-9-11-17(12-10-16)25-13-5-8-19(21)20-15-6-4-7-18(14-15)26(2,22)23/h4,6-7,9-12,14H,3,5,8,13H2,1-2H3,(H,20,21). The Hall–Kier alpha value is -2.54. The van der Waals surface area contributed by atoms with Crippen LogP contribution >= 0.6 is 0 Å². The number of rotatable bonds is 9. The van der Waals surface area contributed by atoms with Crippen LogP contribution in [-0.4, -0.2) is 33.8 Å². The lowest BCUT2D eigenvalue weighted by molar-refractivity contribution is -0.116. The molecule has 0 spiro atoms. The molecule has 0 atom stereocenters. The summed E-state index contributed by atoms with van der Waals surface area (Å²) in [7, 11) is -3.30. The molecule has 0 saturated carbocycles. The molecule has 0 aliphatic rings. The van der Waals surface area contributed by atoms with Gasteiger partial charge in [0.05, 0.1) is 18.1 Å². The zero-order chi connectivity index (χ0) is 19.0. The number of ether oxygens (including phenoxy) is 2. The van der Waals surface area contributed by atoms with Crippen LogP contribution < -0.4 is 14.8 Å². The van der Waals surface area contributed by atoms with Crippen molar-refractivity contribution in [3.05, 3.63) is 48.5 Å². The summed E-state index contributed by atoms with van der Waals surface area (Å²) < 4.78 is 34.0. The number of sulfone groups is 1. The minimum absolute atomic E-state index is 0.175. The van der Waals surface area contributed by atoms with E-state index in [2.05, 4.69) is 5.32 Å². The Morgan fingerprint density at radius 1 is 1.04 bits per heavy atom. The molecular weight excluding hydrogens is 354 g/mol. The van der Waals surface area contributed by atoms with Crippen molar-refractivity contribution in [2.45, 2.75) is 24.7 Å². The maximum atomic E-state index is 12.0. The van der Waals surface area contributed by atoms with Crippen molar-refractivity contribution < 1.29 is 22.7 Å².